The quantitative estimate of drug-likeness (QED) is 0.772. The molecule has 1 aliphatic heterocycles. The Morgan fingerprint density at radius 3 is 3.10 bits per heavy atom. The lowest BCUT2D eigenvalue weighted by atomic mass is 10.1. The van der Waals surface area contributed by atoms with Gasteiger partial charge in [0, 0.05) is 19.1 Å². The third kappa shape index (κ3) is 5.00. The number of hydrogen-bond donors (Lipinski definition) is 2. The summed E-state index contributed by atoms with van der Waals surface area (Å²) in [6.45, 7) is 2.71. The molecule has 0 saturated carbocycles. The average molecular weight is 295 g/mol. The van der Waals surface area contributed by atoms with E-state index in [-0.39, 0.29) is 25.7 Å². The molecule has 0 aromatic heterocycles. The van der Waals surface area contributed by atoms with Gasteiger partial charge in [-0.05, 0) is 17.7 Å². The highest BCUT2D eigenvalue weighted by molar-refractivity contribution is 5.67. The minimum Gasteiger partial charge on any atom is -0.491 e. The summed E-state index contributed by atoms with van der Waals surface area (Å²) >= 11 is 0. The summed E-state index contributed by atoms with van der Waals surface area (Å²) in [4.78, 5) is 13.0. The Balaban J connectivity index is 1.99. The fraction of sp³-hybridized carbons (Fsp3) is 0.533. The van der Waals surface area contributed by atoms with E-state index >= 15 is 0 Å². The Bertz CT molecular complexity index is 465. The zero-order chi connectivity index (χ0) is 15.1. The highest BCUT2D eigenvalue weighted by atomic mass is 16.5. The van der Waals surface area contributed by atoms with Crippen molar-refractivity contribution in [1.29, 1.82) is 0 Å². The molecule has 6 nitrogen and oxygen atoms in total. The van der Waals surface area contributed by atoms with Crippen molar-refractivity contribution in [2.24, 2.45) is 0 Å². The van der Waals surface area contributed by atoms with Crippen LogP contribution in [-0.4, -0.2) is 60.1 Å². The Labute approximate surface area is 123 Å². The largest absolute Gasteiger partial charge is 0.491 e. The van der Waals surface area contributed by atoms with Crippen molar-refractivity contribution in [3.63, 3.8) is 0 Å². The first-order valence-corrected chi connectivity index (χ1v) is 7.05. The van der Waals surface area contributed by atoms with E-state index in [1.165, 1.54) is 0 Å². The van der Waals surface area contributed by atoms with Gasteiger partial charge in [0.25, 0.3) is 0 Å². The molecule has 6 heteroatoms. The van der Waals surface area contributed by atoms with Crippen LogP contribution in [0.1, 0.15) is 12.0 Å². The lowest BCUT2D eigenvalue weighted by Crippen LogP contribution is -2.45. The number of ether oxygens (including phenoxy) is 2. The van der Waals surface area contributed by atoms with Gasteiger partial charge in [-0.15, -0.1) is 0 Å². The van der Waals surface area contributed by atoms with Crippen molar-refractivity contribution in [3.8, 4) is 5.75 Å². The van der Waals surface area contributed by atoms with Crippen molar-refractivity contribution >= 4 is 5.97 Å². The van der Waals surface area contributed by atoms with Gasteiger partial charge in [0.15, 0.2) is 0 Å². The monoisotopic (exact) mass is 295 g/mol. The van der Waals surface area contributed by atoms with Crippen LogP contribution in [0.2, 0.25) is 0 Å². The van der Waals surface area contributed by atoms with Crippen LogP contribution >= 0.6 is 0 Å². The number of nitrogens with zero attached hydrogens (tertiary/aromatic N) is 1. The summed E-state index contributed by atoms with van der Waals surface area (Å²) in [5.74, 6) is -0.0971. The van der Waals surface area contributed by atoms with Crippen LogP contribution in [0.15, 0.2) is 24.3 Å². The second-order valence-electron chi connectivity index (χ2n) is 5.02. The predicted octanol–water partition coefficient (Wildman–Crippen LogP) is 0.733. The van der Waals surface area contributed by atoms with Crippen LogP contribution in [0.4, 0.5) is 0 Å². The molecule has 0 bridgehead atoms. The topological polar surface area (TPSA) is 79.2 Å². The second kappa shape index (κ2) is 7.97. The van der Waals surface area contributed by atoms with Gasteiger partial charge in [0.05, 0.1) is 26.2 Å². The summed E-state index contributed by atoms with van der Waals surface area (Å²) in [6.07, 6.45) is 0.0840. The fourth-order valence-electron chi connectivity index (χ4n) is 2.42. The average Bonchev–Trinajstić information content (AvgIpc) is 2.47. The van der Waals surface area contributed by atoms with Gasteiger partial charge in [-0.3, -0.25) is 9.69 Å². The Morgan fingerprint density at radius 2 is 2.33 bits per heavy atom. The van der Waals surface area contributed by atoms with E-state index in [1.54, 1.807) is 0 Å². The molecule has 1 aromatic carbocycles. The Morgan fingerprint density at radius 1 is 1.48 bits per heavy atom. The third-order valence-electron chi connectivity index (χ3n) is 3.40. The molecule has 0 amide bonds. The van der Waals surface area contributed by atoms with E-state index < -0.39 is 5.97 Å². The number of aliphatic hydroxyl groups is 1. The summed E-state index contributed by atoms with van der Waals surface area (Å²) in [5.41, 5.74) is 1.06. The smallest absolute Gasteiger partial charge is 0.305 e. The highest BCUT2D eigenvalue weighted by Crippen LogP contribution is 2.18. The maximum Gasteiger partial charge on any atom is 0.305 e. The molecule has 0 aliphatic carbocycles. The molecule has 2 rings (SSSR count). The SMILES string of the molecule is O=C(O)C[C@H]1COCCN1Cc1cccc(OCCO)c1. The van der Waals surface area contributed by atoms with Gasteiger partial charge >= 0.3 is 5.97 Å². The number of carbonyl (C=O) groups is 1. The molecular weight excluding hydrogens is 274 g/mol. The zero-order valence-electron chi connectivity index (χ0n) is 11.9. The van der Waals surface area contributed by atoms with Crippen molar-refractivity contribution in [1.82, 2.24) is 4.90 Å². The first kappa shape index (κ1) is 15.8. The molecule has 21 heavy (non-hydrogen) atoms. The molecule has 116 valence electrons. The summed E-state index contributed by atoms with van der Waals surface area (Å²) in [6, 6.07) is 7.54. The van der Waals surface area contributed by atoms with Crippen molar-refractivity contribution < 1.29 is 24.5 Å². The third-order valence-corrected chi connectivity index (χ3v) is 3.40. The van der Waals surface area contributed by atoms with E-state index in [4.69, 9.17) is 19.7 Å². The number of carboxylic acids is 1. The number of hydrogen-bond acceptors (Lipinski definition) is 5. The van der Waals surface area contributed by atoms with Gasteiger partial charge in [-0.2, -0.15) is 0 Å². The van der Waals surface area contributed by atoms with Crippen LogP contribution in [0, 0.1) is 0 Å². The summed E-state index contributed by atoms with van der Waals surface area (Å²) in [5, 5.41) is 17.7. The maximum atomic E-state index is 10.9. The van der Waals surface area contributed by atoms with Gasteiger partial charge in [-0.25, -0.2) is 0 Å². The van der Waals surface area contributed by atoms with E-state index in [0.717, 1.165) is 12.1 Å². The molecule has 2 N–H and O–H groups in total. The summed E-state index contributed by atoms with van der Waals surface area (Å²) in [7, 11) is 0. The van der Waals surface area contributed by atoms with E-state index in [9.17, 15) is 4.79 Å². The first-order chi connectivity index (χ1) is 10.2. The molecule has 0 unspecified atom stereocenters. The standard InChI is InChI=1S/C15H21NO5/c17-5-7-21-14-3-1-2-12(8-14)10-16-4-6-20-11-13(16)9-15(18)19/h1-3,8,13,17H,4-7,9-11H2,(H,18,19)/t13-/m0/s1. The minimum absolute atomic E-state index is 0.0195. The first-order valence-electron chi connectivity index (χ1n) is 7.05. The van der Waals surface area contributed by atoms with Gasteiger partial charge in [0.2, 0.25) is 0 Å². The van der Waals surface area contributed by atoms with Gasteiger partial charge in [-0.1, -0.05) is 12.1 Å². The number of aliphatic carboxylic acids is 1. The predicted molar refractivity (Wildman–Crippen MR) is 76.3 cm³/mol. The number of morpholine rings is 1. The van der Waals surface area contributed by atoms with Crippen LogP contribution in [0.3, 0.4) is 0 Å². The van der Waals surface area contributed by atoms with Gasteiger partial charge in [0.1, 0.15) is 12.4 Å². The van der Waals surface area contributed by atoms with E-state index in [1.807, 2.05) is 24.3 Å². The molecular formula is C15H21NO5. The summed E-state index contributed by atoms with van der Waals surface area (Å²) < 4.78 is 10.8. The molecule has 0 spiro atoms. The van der Waals surface area contributed by atoms with Crippen molar-refractivity contribution in [3.05, 3.63) is 29.8 Å². The molecule has 1 fully saturated rings. The van der Waals surface area contributed by atoms with Crippen LogP contribution in [0.25, 0.3) is 0 Å². The fourth-order valence-corrected chi connectivity index (χ4v) is 2.42. The lowest BCUT2D eigenvalue weighted by Gasteiger charge is -2.34. The van der Waals surface area contributed by atoms with E-state index in [2.05, 4.69) is 4.90 Å². The highest BCUT2D eigenvalue weighted by Gasteiger charge is 2.25. The van der Waals surface area contributed by atoms with Crippen LogP contribution in [0.5, 0.6) is 5.75 Å². The maximum absolute atomic E-state index is 10.9. The number of benzene rings is 1. The normalized spacial score (nSPS) is 19.4. The molecule has 1 aromatic rings. The Hall–Kier alpha value is -1.63. The molecule has 0 radical (unpaired) electrons. The van der Waals surface area contributed by atoms with Gasteiger partial charge < -0.3 is 19.7 Å². The zero-order valence-corrected chi connectivity index (χ0v) is 11.9. The minimum atomic E-state index is -0.810. The van der Waals surface area contributed by atoms with Crippen molar-refractivity contribution in [2.75, 3.05) is 33.0 Å². The van der Waals surface area contributed by atoms with Crippen LogP contribution < -0.4 is 4.74 Å². The number of rotatable bonds is 7. The number of carboxylic acid groups (broad SMARTS) is 1. The van der Waals surface area contributed by atoms with E-state index in [0.29, 0.717) is 25.5 Å². The van der Waals surface area contributed by atoms with Crippen molar-refractivity contribution in [2.45, 2.75) is 19.0 Å². The molecule has 1 aliphatic rings. The second-order valence-corrected chi connectivity index (χ2v) is 5.02. The lowest BCUT2D eigenvalue weighted by molar-refractivity contribution is -0.140. The number of aliphatic hydroxyl groups excluding tert-OH is 1. The molecule has 1 saturated heterocycles. The van der Waals surface area contributed by atoms with Crippen LogP contribution in [-0.2, 0) is 16.1 Å². The Kier molecular flexibility index (Phi) is 5.98. The molecule has 1 atom stereocenters. The molecule has 1 heterocycles.